The third-order valence-corrected chi connectivity index (χ3v) is 6.73. The molecule has 0 saturated heterocycles. The molecule has 0 spiro atoms. The van der Waals surface area contributed by atoms with Crippen molar-refractivity contribution in [3.8, 4) is 5.75 Å². The molecule has 33 heavy (non-hydrogen) atoms. The molecule has 7 nitrogen and oxygen atoms in total. The van der Waals surface area contributed by atoms with E-state index in [0.29, 0.717) is 29.6 Å². The third kappa shape index (κ3) is 4.11. The SMILES string of the molecule is COc1ccccc1C(=O)NCc1ccc(C2N=C(C3CCCC3)N3C=CN=C(N)C23)cc1. The van der Waals surface area contributed by atoms with E-state index < -0.39 is 0 Å². The number of hydrogen-bond acceptors (Lipinski definition) is 6. The number of ether oxygens (including phenoxy) is 1. The van der Waals surface area contributed by atoms with Gasteiger partial charge in [-0.15, -0.1) is 0 Å². The Morgan fingerprint density at radius 3 is 2.67 bits per heavy atom. The average Bonchev–Trinajstić information content (AvgIpc) is 3.51. The number of fused-ring (bicyclic) bond motifs is 1. The number of carbonyl (C=O) groups is 1. The summed E-state index contributed by atoms with van der Waals surface area (Å²) in [7, 11) is 1.56. The first-order valence-corrected chi connectivity index (χ1v) is 11.5. The van der Waals surface area contributed by atoms with E-state index in [1.807, 2.05) is 30.5 Å². The van der Waals surface area contributed by atoms with Crippen LogP contribution in [-0.4, -0.2) is 35.6 Å². The standard InChI is InChI=1S/C26H29N5O2/c1-33-21-9-5-4-8-20(21)26(32)29-16-17-10-12-18(13-11-17)22-23-24(27)28-14-15-31(23)25(30-22)19-6-2-3-7-19/h4-5,8-15,19,22-23H,2-3,6-7,16H2,1H3,(H2,27,28)(H,29,32). The van der Waals surface area contributed by atoms with E-state index in [-0.39, 0.29) is 18.0 Å². The van der Waals surface area contributed by atoms with Crippen molar-refractivity contribution in [2.75, 3.05) is 7.11 Å². The molecule has 2 atom stereocenters. The van der Waals surface area contributed by atoms with Gasteiger partial charge >= 0.3 is 0 Å². The van der Waals surface area contributed by atoms with Gasteiger partial charge < -0.3 is 20.7 Å². The molecule has 0 bridgehead atoms. The maximum absolute atomic E-state index is 12.6. The summed E-state index contributed by atoms with van der Waals surface area (Å²) in [6, 6.07) is 15.3. The van der Waals surface area contributed by atoms with Crippen molar-refractivity contribution in [3.05, 3.63) is 77.6 Å². The summed E-state index contributed by atoms with van der Waals surface area (Å²) >= 11 is 0. The Balaban J connectivity index is 1.31. The van der Waals surface area contributed by atoms with Crippen molar-refractivity contribution >= 4 is 17.6 Å². The van der Waals surface area contributed by atoms with Gasteiger partial charge in [-0.25, -0.2) is 4.99 Å². The van der Waals surface area contributed by atoms with Gasteiger partial charge in [0.1, 0.15) is 29.5 Å². The molecular formula is C26H29N5O2. The number of amides is 1. The van der Waals surface area contributed by atoms with Gasteiger partial charge in [-0.2, -0.15) is 0 Å². The van der Waals surface area contributed by atoms with Crippen molar-refractivity contribution in [1.82, 2.24) is 10.2 Å². The van der Waals surface area contributed by atoms with E-state index in [4.69, 9.17) is 15.5 Å². The van der Waals surface area contributed by atoms with Crippen LogP contribution in [0.3, 0.4) is 0 Å². The molecule has 0 radical (unpaired) electrons. The fourth-order valence-electron chi connectivity index (χ4n) is 5.01. The summed E-state index contributed by atoms with van der Waals surface area (Å²) in [5.74, 6) is 2.65. The monoisotopic (exact) mass is 443 g/mol. The number of methoxy groups -OCH3 is 1. The highest BCUT2D eigenvalue weighted by atomic mass is 16.5. The zero-order valence-electron chi connectivity index (χ0n) is 18.8. The van der Waals surface area contributed by atoms with Crippen LogP contribution in [0.1, 0.15) is 53.2 Å². The smallest absolute Gasteiger partial charge is 0.255 e. The average molecular weight is 444 g/mol. The zero-order chi connectivity index (χ0) is 22.8. The number of nitrogens with one attached hydrogen (secondary N) is 1. The summed E-state index contributed by atoms with van der Waals surface area (Å²) in [5.41, 5.74) is 8.97. The molecule has 2 aromatic rings. The first kappa shape index (κ1) is 21.2. The molecule has 0 aromatic heterocycles. The van der Waals surface area contributed by atoms with E-state index in [9.17, 15) is 4.79 Å². The van der Waals surface area contributed by atoms with Crippen LogP contribution in [0.15, 0.2) is 70.9 Å². The molecule has 170 valence electrons. The fourth-order valence-corrected chi connectivity index (χ4v) is 5.01. The maximum Gasteiger partial charge on any atom is 0.255 e. The number of carbonyl (C=O) groups excluding carboxylic acids is 1. The molecule has 3 aliphatic rings. The molecule has 2 aromatic carbocycles. The second-order valence-electron chi connectivity index (χ2n) is 8.74. The lowest BCUT2D eigenvalue weighted by Gasteiger charge is -2.30. The number of para-hydroxylation sites is 1. The number of benzene rings is 2. The normalized spacial score (nSPS) is 22.0. The second-order valence-corrected chi connectivity index (χ2v) is 8.74. The molecule has 1 fully saturated rings. The van der Waals surface area contributed by atoms with E-state index in [2.05, 4.69) is 27.3 Å². The highest BCUT2D eigenvalue weighted by Crippen LogP contribution is 2.39. The number of amidine groups is 2. The van der Waals surface area contributed by atoms with Crippen LogP contribution in [0.2, 0.25) is 0 Å². The fraction of sp³-hybridized carbons (Fsp3) is 0.346. The molecule has 1 amide bonds. The van der Waals surface area contributed by atoms with Gasteiger partial charge in [-0.3, -0.25) is 9.79 Å². The summed E-state index contributed by atoms with van der Waals surface area (Å²) in [4.78, 5) is 24.3. The van der Waals surface area contributed by atoms with Gasteiger partial charge in [0.15, 0.2) is 0 Å². The van der Waals surface area contributed by atoms with E-state index >= 15 is 0 Å². The molecule has 1 aliphatic carbocycles. The lowest BCUT2D eigenvalue weighted by Crippen LogP contribution is -2.46. The van der Waals surface area contributed by atoms with Gasteiger partial charge in [0.25, 0.3) is 5.91 Å². The van der Waals surface area contributed by atoms with E-state index in [1.54, 1.807) is 25.4 Å². The molecule has 7 heteroatoms. The van der Waals surface area contributed by atoms with Crippen LogP contribution in [-0.2, 0) is 6.54 Å². The molecule has 2 aliphatic heterocycles. The van der Waals surface area contributed by atoms with Crippen molar-refractivity contribution in [2.24, 2.45) is 21.6 Å². The van der Waals surface area contributed by atoms with Gasteiger partial charge in [0.2, 0.25) is 0 Å². The molecule has 2 unspecified atom stereocenters. The Hall–Kier alpha value is -3.61. The van der Waals surface area contributed by atoms with E-state index in [1.165, 1.54) is 25.7 Å². The minimum atomic E-state index is -0.160. The van der Waals surface area contributed by atoms with Gasteiger partial charge in [0, 0.05) is 24.9 Å². The highest BCUT2D eigenvalue weighted by molar-refractivity contribution is 5.98. The molecular weight excluding hydrogens is 414 g/mol. The Kier molecular flexibility index (Phi) is 5.86. The predicted octanol–water partition coefficient (Wildman–Crippen LogP) is 3.78. The number of rotatable bonds is 6. The summed E-state index contributed by atoms with van der Waals surface area (Å²) in [6.45, 7) is 0.431. The summed E-state index contributed by atoms with van der Waals surface area (Å²) < 4.78 is 5.29. The van der Waals surface area contributed by atoms with Crippen molar-refractivity contribution < 1.29 is 9.53 Å². The molecule has 3 N–H and O–H groups in total. The van der Waals surface area contributed by atoms with Gasteiger partial charge in [-0.05, 0) is 36.1 Å². The van der Waals surface area contributed by atoms with Crippen LogP contribution in [0, 0.1) is 5.92 Å². The zero-order valence-corrected chi connectivity index (χ0v) is 18.8. The first-order chi connectivity index (χ1) is 16.2. The largest absolute Gasteiger partial charge is 0.496 e. The number of nitrogens with two attached hydrogens (primary N) is 1. The van der Waals surface area contributed by atoms with Crippen LogP contribution >= 0.6 is 0 Å². The lowest BCUT2D eigenvalue weighted by molar-refractivity contribution is 0.0948. The number of nitrogens with zero attached hydrogens (tertiary/aromatic N) is 3. The lowest BCUT2D eigenvalue weighted by atomic mass is 9.97. The van der Waals surface area contributed by atoms with Crippen molar-refractivity contribution in [1.29, 1.82) is 0 Å². The van der Waals surface area contributed by atoms with Crippen molar-refractivity contribution in [2.45, 2.75) is 44.3 Å². The topological polar surface area (TPSA) is 92.3 Å². The highest BCUT2D eigenvalue weighted by Gasteiger charge is 2.42. The molecule has 2 heterocycles. The number of aliphatic imine (C=N–C) groups is 2. The summed E-state index contributed by atoms with van der Waals surface area (Å²) in [5, 5.41) is 2.97. The minimum Gasteiger partial charge on any atom is -0.496 e. The van der Waals surface area contributed by atoms with Crippen LogP contribution in [0.25, 0.3) is 0 Å². The minimum absolute atomic E-state index is 0.0679. The Bertz CT molecular complexity index is 1120. The Morgan fingerprint density at radius 2 is 1.91 bits per heavy atom. The van der Waals surface area contributed by atoms with E-state index in [0.717, 1.165) is 17.0 Å². The van der Waals surface area contributed by atoms with Crippen LogP contribution in [0.5, 0.6) is 5.75 Å². The maximum atomic E-state index is 12.6. The quantitative estimate of drug-likeness (QED) is 0.711. The second kappa shape index (κ2) is 9.10. The van der Waals surface area contributed by atoms with Crippen LogP contribution in [0.4, 0.5) is 0 Å². The Labute approximate surface area is 194 Å². The molecule has 5 rings (SSSR count). The number of hydrogen-bond donors (Lipinski definition) is 2. The van der Waals surface area contributed by atoms with Gasteiger partial charge in [0.05, 0.1) is 12.7 Å². The molecule has 1 saturated carbocycles. The van der Waals surface area contributed by atoms with Crippen LogP contribution < -0.4 is 15.8 Å². The third-order valence-electron chi connectivity index (χ3n) is 6.73. The Morgan fingerprint density at radius 1 is 1.15 bits per heavy atom. The predicted molar refractivity (Wildman–Crippen MR) is 129 cm³/mol. The van der Waals surface area contributed by atoms with Gasteiger partial charge in [-0.1, -0.05) is 49.2 Å². The first-order valence-electron chi connectivity index (χ1n) is 11.5. The van der Waals surface area contributed by atoms with Crippen molar-refractivity contribution in [3.63, 3.8) is 0 Å². The summed E-state index contributed by atoms with van der Waals surface area (Å²) in [6.07, 6.45) is 8.67.